The number of aromatic hydroxyl groups is 1. The lowest BCUT2D eigenvalue weighted by molar-refractivity contribution is 0.235. The molecule has 0 saturated heterocycles. The number of likely N-dealkylation sites (N-methyl/N-ethyl adjacent to an activating group) is 1. The van der Waals surface area contributed by atoms with Crippen LogP contribution in [0.4, 0.5) is 0 Å². The second-order valence-corrected chi connectivity index (χ2v) is 3.27. The molecule has 1 heterocycles. The Labute approximate surface area is 77.3 Å². The molecular formula is C10H13NO2. The van der Waals surface area contributed by atoms with E-state index in [1.54, 1.807) is 6.07 Å². The van der Waals surface area contributed by atoms with Gasteiger partial charge in [-0.05, 0) is 25.1 Å². The van der Waals surface area contributed by atoms with Gasteiger partial charge in [-0.2, -0.15) is 0 Å². The number of fused-ring (bicyclic) bond motifs is 1. The van der Waals surface area contributed by atoms with Crippen molar-refractivity contribution in [3.63, 3.8) is 0 Å². The molecule has 13 heavy (non-hydrogen) atoms. The first-order valence-electron chi connectivity index (χ1n) is 4.42. The smallest absolute Gasteiger partial charge is 0.164 e. The van der Waals surface area contributed by atoms with Gasteiger partial charge in [0.15, 0.2) is 11.5 Å². The average Bonchev–Trinajstić information content (AvgIpc) is 2.18. The normalized spacial score (nSPS) is 20.5. The van der Waals surface area contributed by atoms with E-state index in [1.165, 1.54) is 0 Å². The Kier molecular flexibility index (Phi) is 2.10. The molecule has 70 valence electrons. The van der Waals surface area contributed by atoms with Crippen LogP contribution < -0.4 is 10.1 Å². The minimum Gasteiger partial charge on any atom is -0.504 e. The summed E-state index contributed by atoms with van der Waals surface area (Å²) >= 11 is 0. The number of para-hydroxylation sites is 1. The largest absolute Gasteiger partial charge is 0.504 e. The van der Waals surface area contributed by atoms with E-state index < -0.39 is 0 Å². The van der Waals surface area contributed by atoms with Crippen molar-refractivity contribution < 1.29 is 9.84 Å². The number of hydrogen-bond acceptors (Lipinski definition) is 3. The van der Waals surface area contributed by atoms with Crippen molar-refractivity contribution in [1.29, 1.82) is 0 Å². The van der Waals surface area contributed by atoms with E-state index in [0.29, 0.717) is 18.4 Å². The van der Waals surface area contributed by atoms with Gasteiger partial charge in [-0.3, -0.25) is 0 Å². The molecule has 1 atom stereocenters. The van der Waals surface area contributed by atoms with Crippen LogP contribution in [0.5, 0.6) is 11.5 Å². The number of nitrogens with one attached hydrogen (secondary N) is 1. The quantitative estimate of drug-likeness (QED) is 0.673. The lowest BCUT2D eigenvalue weighted by Gasteiger charge is -2.25. The zero-order chi connectivity index (χ0) is 9.26. The van der Waals surface area contributed by atoms with Gasteiger partial charge >= 0.3 is 0 Å². The summed E-state index contributed by atoms with van der Waals surface area (Å²) in [5.74, 6) is 0.890. The monoisotopic (exact) mass is 179 g/mol. The van der Waals surface area contributed by atoms with Crippen molar-refractivity contribution in [3.05, 3.63) is 23.8 Å². The molecular weight excluding hydrogens is 166 g/mol. The molecule has 0 aliphatic carbocycles. The summed E-state index contributed by atoms with van der Waals surface area (Å²) in [6, 6.07) is 5.83. The van der Waals surface area contributed by atoms with Crippen molar-refractivity contribution in [1.82, 2.24) is 5.32 Å². The van der Waals surface area contributed by atoms with Crippen molar-refractivity contribution in [3.8, 4) is 11.5 Å². The van der Waals surface area contributed by atoms with E-state index in [4.69, 9.17) is 4.74 Å². The molecule has 2 N–H and O–H groups in total. The Balaban J connectivity index is 2.31. The Morgan fingerprint density at radius 3 is 3.15 bits per heavy atom. The van der Waals surface area contributed by atoms with E-state index in [2.05, 4.69) is 5.32 Å². The van der Waals surface area contributed by atoms with Crippen molar-refractivity contribution in [2.75, 3.05) is 13.7 Å². The number of ether oxygens (including phenoxy) is 1. The van der Waals surface area contributed by atoms with Crippen LogP contribution in [0.2, 0.25) is 0 Å². The third kappa shape index (κ3) is 1.47. The predicted molar refractivity (Wildman–Crippen MR) is 50.2 cm³/mol. The molecule has 0 aromatic heterocycles. The molecule has 0 saturated carbocycles. The first kappa shape index (κ1) is 8.38. The fourth-order valence-electron chi connectivity index (χ4n) is 1.59. The highest BCUT2D eigenvalue weighted by molar-refractivity contribution is 5.47. The summed E-state index contributed by atoms with van der Waals surface area (Å²) in [5, 5.41) is 12.6. The molecule has 1 aliphatic rings. The fraction of sp³-hybridized carbons (Fsp3) is 0.400. The summed E-state index contributed by atoms with van der Waals surface area (Å²) in [7, 11) is 1.92. The third-order valence-corrected chi connectivity index (χ3v) is 2.38. The topological polar surface area (TPSA) is 41.5 Å². The molecule has 0 spiro atoms. The van der Waals surface area contributed by atoms with E-state index in [9.17, 15) is 5.11 Å². The zero-order valence-corrected chi connectivity index (χ0v) is 7.58. The highest BCUT2D eigenvalue weighted by Crippen LogP contribution is 2.33. The molecule has 2 rings (SSSR count). The van der Waals surface area contributed by atoms with Gasteiger partial charge in [0.1, 0.15) is 6.61 Å². The Morgan fingerprint density at radius 2 is 2.38 bits per heavy atom. The SMILES string of the molecule is CNC1COc2c(O)cccc2C1. The number of hydrogen-bond donors (Lipinski definition) is 2. The molecule has 0 bridgehead atoms. The molecule has 0 fully saturated rings. The van der Waals surface area contributed by atoms with Gasteiger partial charge in [-0.1, -0.05) is 12.1 Å². The Morgan fingerprint density at radius 1 is 1.54 bits per heavy atom. The van der Waals surface area contributed by atoms with Gasteiger partial charge in [0, 0.05) is 6.04 Å². The third-order valence-electron chi connectivity index (χ3n) is 2.38. The maximum absolute atomic E-state index is 9.47. The highest BCUT2D eigenvalue weighted by Gasteiger charge is 2.20. The maximum Gasteiger partial charge on any atom is 0.164 e. The zero-order valence-electron chi connectivity index (χ0n) is 7.58. The minimum atomic E-state index is 0.243. The van der Waals surface area contributed by atoms with Crippen molar-refractivity contribution in [2.24, 2.45) is 0 Å². The molecule has 1 aromatic rings. The number of phenolic OH excluding ortho intramolecular Hbond substituents is 1. The summed E-state index contributed by atoms with van der Waals surface area (Å²) in [6.07, 6.45) is 0.917. The van der Waals surface area contributed by atoms with Crippen LogP contribution in [0.3, 0.4) is 0 Å². The van der Waals surface area contributed by atoms with Crippen LogP contribution in [0.15, 0.2) is 18.2 Å². The summed E-state index contributed by atoms with van der Waals surface area (Å²) < 4.78 is 5.45. The number of rotatable bonds is 1. The second-order valence-electron chi connectivity index (χ2n) is 3.27. The first-order chi connectivity index (χ1) is 6.31. The molecule has 3 heteroatoms. The lowest BCUT2D eigenvalue weighted by atomic mass is 10.0. The molecule has 1 aliphatic heterocycles. The number of phenols is 1. The molecule has 1 unspecified atom stereocenters. The predicted octanol–water partition coefficient (Wildman–Crippen LogP) is 0.915. The summed E-state index contributed by atoms with van der Waals surface area (Å²) in [6.45, 7) is 0.626. The van der Waals surface area contributed by atoms with E-state index in [1.807, 2.05) is 19.2 Å². The van der Waals surface area contributed by atoms with Crippen LogP contribution in [0, 0.1) is 0 Å². The number of benzene rings is 1. The molecule has 0 amide bonds. The first-order valence-corrected chi connectivity index (χ1v) is 4.42. The van der Waals surface area contributed by atoms with Gasteiger partial charge < -0.3 is 15.2 Å². The van der Waals surface area contributed by atoms with Crippen molar-refractivity contribution >= 4 is 0 Å². The van der Waals surface area contributed by atoms with Crippen LogP contribution in [-0.2, 0) is 6.42 Å². The summed E-state index contributed by atoms with van der Waals surface area (Å²) in [5.41, 5.74) is 1.07. The molecule has 1 aromatic carbocycles. The summed E-state index contributed by atoms with van der Waals surface area (Å²) in [4.78, 5) is 0. The van der Waals surface area contributed by atoms with E-state index in [0.717, 1.165) is 12.0 Å². The minimum absolute atomic E-state index is 0.243. The van der Waals surface area contributed by atoms with Crippen LogP contribution in [0.1, 0.15) is 5.56 Å². The van der Waals surface area contributed by atoms with Crippen LogP contribution >= 0.6 is 0 Å². The van der Waals surface area contributed by atoms with Crippen molar-refractivity contribution in [2.45, 2.75) is 12.5 Å². The van der Waals surface area contributed by atoms with Gasteiger partial charge in [0.2, 0.25) is 0 Å². The highest BCUT2D eigenvalue weighted by atomic mass is 16.5. The van der Waals surface area contributed by atoms with Gasteiger partial charge in [-0.15, -0.1) is 0 Å². The molecule has 0 radical (unpaired) electrons. The maximum atomic E-state index is 9.47. The van der Waals surface area contributed by atoms with Crippen LogP contribution in [-0.4, -0.2) is 24.8 Å². The van der Waals surface area contributed by atoms with E-state index >= 15 is 0 Å². The second kappa shape index (κ2) is 3.26. The van der Waals surface area contributed by atoms with Gasteiger partial charge in [0.05, 0.1) is 0 Å². The van der Waals surface area contributed by atoms with Crippen LogP contribution in [0.25, 0.3) is 0 Å². The van der Waals surface area contributed by atoms with Gasteiger partial charge in [0.25, 0.3) is 0 Å². The Hall–Kier alpha value is -1.22. The Bertz CT molecular complexity index is 312. The fourth-order valence-corrected chi connectivity index (χ4v) is 1.59. The molecule has 3 nitrogen and oxygen atoms in total. The lowest BCUT2D eigenvalue weighted by Crippen LogP contribution is -2.36. The average molecular weight is 179 g/mol. The standard InChI is InChI=1S/C10H13NO2/c1-11-8-5-7-3-2-4-9(12)10(7)13-6-8/h2-4,8,11-12H,5-6H2,1H3. The van der Waals surface area contributed by atoms with E-state index in [-0.39, 0.29) is 5.75 Å². The van der Waals surface area contributed by atoms with Gasteiger partial charge in [-0.25, -0.2) is 0 Å².